The van der Waals surface area contributed by atoms with Crippen LogP contribution in [0.3, 0.4) is 0 Å². The van der Waals surface area contributed by atoms with Gasteiger partial charge >= 0.3 is 0 Å². The number of fused-ring (bicyclic) bond motifs is 20. The molecule has 4 aromatic carbocycles. The fraction of sp³-hybridized carbons (Fsp3) is 0.562. The Bertz CT molecular complexity index is 3610. The number of nitrogens with zero attached hydrogens (tertiary/aromatic N) is 12. The van der Waals surface area contributed by atoms with Crippen molar-refractivity contribution in [3.63, 3.8) is 0 Å². The zero-order chi connectivity index (χ0) is 56.1. The van der Waals surface area contributed by atoms with E-state index >= 15 is 0 Å². The summed E-state index contributed by atoms with van der Waals surface area (Å²) in [7, 11) is 6.77. The normalized spacial score (nSPS) is 33.4. The van der Waals surface area contributed by atoms with Crippen molar-refractivity contribution in [3.8, 4) is 47.0 Å². The fourth-order valence-corrected chi connectivity index (χ4v) is 17.4. The third-order valence-corrected chi connectivity index (χ3v) is 21.9. The van der Waals surface area contributed by atoms with Crippen molar-refractivity contribution in [2.45, 2.75) is 99.9 Å². The van der Waals surface area contributed by atoms with E-state index in [9.17, 15) is 0 Å². The van der Waals surface area contributed by atoms with E-state index in [1.807, 2.05) is 48.5 Å². The SMILES string of the molecule is COc1ccc2c(c1)nc1n2C[C@@]2(CN3CCC2CC3)O1.COc1ccc2c(c1)nc1n2C[C@]2(CN3CCC2CC3)O1.COc1ccc2nc3n(c2c1)C[C@@]1(CN2CCC1CC2)O3.COc1ccc2nc3n(c2c1)C[C@]1(CN2CCC1CC2)O3. The van der Waals surface area contributed by atoms with E-state index < -0.39 is 0 Å². The average molecular weight is 1140 g/mol. The number of ether oxygens (including phenoxy) is 8. The molecule has 12 saturated heterocycles. The predicted octanol–water partition coefficient (Wildman–Crippen LogP) is 7.61. The van der Waals surface area contributed by atoms with Crippen molar-refractivity contribution in [3.05, 3.63) is 72.8 Å². The van der Waals surface area contributed by atoms with Crippen molar-refractivity contribution in [1.82, 2.24) is 57.8 Å². The first-order valence-electron chi connectivity index (χ1n) is 30.9. The Morgan fingerprint density at radius 3 is 0.857 bits per heavy atom. The van der Waals surface area contributed by atoms with Crippen LogP contribution in [0.4, 0.5) is 0 Å². The number of benzene rings is 4. The second-order valence-electron chi connectivity index (χ2n) is 26.2. The van der Waals surface area contributed by atoms with Crippen molar-refractivity contribution >= 4 is 44.1 Å². The highest BCUT2D eigenvalue weighted by molar-refractivity contribution is 5.81. The molecule has 440 valence electrons. The molecule has 12 fully saturated rings. The topological polar surface area (TPSA) is 158 Å². The summed E-state index contributed by atoms with van der Waals surface area (Å²) in [4.78, 5) is 28.8. The van der Waals surface area contributed by atoms with Gasteiger partial charge in [0.05, 0.1) is 98.8 Å². The Labute approximate surface area is 488 Å². The summed E-state index contributed by atoms with van der Waals surface area (Å²) in [5.74, 6) is 6.14. The maximum absolute atomic E-state index is 6.40. The van der Waals surface area contributed by atoms with E-state index in [1.54, 1.807) is 28.4 Å². The molecule has 0 aliphatic carbocycles. The zero-order valence-corrected chi connectivity index (χ0v) is 48.8. The molecule has 0 radical (unpaired) electrons. The lowest BCUT2D eigenvalue weighted by atomic mass is 9.75. The van der Waals surface area contributed by atoms with Gasteiger partial charge in [-0.05, 0) is 152 Å². The molecule has 0 saturated carbocycles. The van der Waals surface area contributed by atoms with Crippen LogP contribution in [0.2, 0.25) is 0 Å². The molecule has 20 nitrogen and oxygen atoms in total. The molecule has 84 heavy (non-hydrogen) atoms. The Hall–Kier alpha value is -7.00. The molecule has 24 rings (SSSR count). The lowest BCUT2D eigenvalue weighted by molar-refractivity contribution is -0.0833. The highest BCUT2D eigenvalue weighted by Crippen LogP contribution is 2.50. The minimum absolute atomic E-state index is 0.0348. The lowest BCUT2D eigenvalue weighted by Crippen LogP contribution is -2.61. The number of piperidine rings is 12. The quantitative estimate of drug-likeness (QED) is 0.169. The molecule has 0 amide bonds. The summed E-state index contributed by atoms with van der Waals surface area (Å²) in [5.41, 5.74) is 8.28. The monoisotopic (exact) mass is 1140 g/mol. The van der Waals surface area contributed by atoms with Gasteiger partial charge in [0, 0.05) is 74.1 Å². The summed E-state index contributed by atoms with van der Waals surface area (Å²) >= 11 is 0. The Morgan fingerprint density at radius 2 is 0.583 bits per heavy atom. The van der Waals surface area contributed by atoms with Gasteiger partial charge in [-0.25, -0.2) is 0 Å². The number of aromatic nitrogens is 8. The first-order chi connectivity index (χ1) is 41.1. The number of imidazole rings is 4. The molecule has 16 aliphatic rings. The van der Waals surface area contributed by atoms with E-state index in [4.69, 9.17) is 37.9 Å². The molecule has 4 atom stereocenters. The fourth-order valence-electron chi connectivity index (χ4n) is 17.4. The summed E-state index contributed by atoms with van der Waals surface area (Å²) in [5, 5.41) is 0. The second kappa shape index (κ2) is 19.3. The van der Waals surface area contributed by atoms with Crippen LogP contribution in [0.25, 0.3) is 44.1 Å². The van der Waals surface area contributed by atoms with Crippen molar-refractivity contribution < 1.29 is 37.9 Å². The van der Waals surface area contributed by atoms with E-state index in [-0.39, 0.29) is 22.4 Å². The predicted molar refractivity (Wildman–Crippen MR) is 315 cm³/mol. The summed E-state index contributed by atoms with van der Waals surface area (Å²) in [6.45, 7) is 17.8. The van der Waals surface area contributed by atoms with Crippen LogP contribution in [-0.4, -0.2) is 187 Å². The number of methoxy groups -OCH3 is 4. The van der Waals surface area contributed by atoms with Crippen LogP contribution in [0.5, 0.6) is 47.0 Å². The van der Waals surface area contributed by atoms with Gasteiger partial charge in [-0.3, -0.25) is 37.9 Å². The standard InChI is InChI=1S/4C16H19N3O2/c2*1-20-12-2-3-14-13(8-12)17-15-19(14)10-16(21-15)9-18-6-4-11(16)5-7-18;2*1-20-12-2-3-13-14(8-12)19-10-16(21-15(19)17-13)9-18-6-4-11(16)5-7-18/h4*2-3,8,11H,4-7,9-10H2,1H3/t4*16-/m1010/s1. The van der Waals surface area contributed by atoms with Crippen LogP contribution in [0.1, 0.15) is 51.4 Å². The molecule has 0 unspecified atom stereocenters. The summed E-state index contributed by atoms with van der Waals surface area (Å²) in [6, 6.07) is 27.3. The maximum atomic E-state index is 6.40. The zero-order valence-electron chi connectivity index (χ0n) is 48.8. The smallest absolute Gasteiger partial charge is 0.298 e. The van der Waals surface area contributed by atoms with Crippen LogP contribution in [0.15, 0.2) is 72.8 Å². The second-order valence-corrected chi connectivity index (χ2v) is 26.2. The van der Waals surface area contributed by atoms with Crippen LogP contribution < -0.4 is 37.9 Å². The van der Waals surface area contributed by atoms with Gasteiger partial charge in [-0.15, -0.1) is 0 Å². The Balaban J connectivity index is 0.0000000882. The minimum atomic E-state index is -0.0455. The average Bonchev–Trinajstić information content (AvgIpc) is 2.26. The molecular weight excluding hydrogens is 1060 g/mol. The minimum Gasteiger partial charge on any atom is -0.497 e. The molecular formula is C64H76N12O8. The molecule has 4 aromatic heterocycles. The van der Waals surface area contributed by atoms with Gasteiger partial charge in [0.15, 0.2) is 0 Å². The Morgan fingerprint density at radius 1 is 0.321 bits per heavy atom. The molecule has 20 heteroatoms. The maximum Gasteiger partial charge on any atom is 0.298 e. The third kappa shape index (κ3) is 8.11. The Kier molecular flexibility index (Phi) is 11.8. The van der Waals surface area contributed by atoms with Gasteiger partial charge in [-0.1, -0.05) is 0 Å². The first-order valence-corrected chi connectivity index (χ1v) is 30.9. The number of hydrogen-bond donors (Lipinski definition) is 0. The van der Waals surface area contributed by atoms with Gasteiger partial charge in [-0.2, -0.15) is 19.9 Å². The lowest BCUT2D eigenvalue weighted by Gasteiger charge is -2.50. The summed E-state index contributed by atoms with van der Waals surface area (Å²) in [6.07, 6.45) is 10.1. The van der Waals surface area contributed by atoms with Crippen molar-refractivity contribution in [2.24, 2.45) is 23.7 Å². The van der Waals surface area contributed by atoms with E-state index in [0.29, 0.717) is 23.7 Å². The van der Waals surface area contributed by atoms with E-state index in [1.165, 1.54) is 104 Å². The van der Waals surface area contributed by atoms with Crippen LogP contribution in [0, 0.1) is 23.7 Å². The van der Waals surface area contributed by atoms with E-state index in [0.717, 1.165) is 144 Å². The van der Waals surface area contributed by atoms with Crippen molar-refractivity contribution in [1.29, 1.82) is 0 Å². The van der Waals surface area contributed by atoms with Gasteiger partial charge < -0.3 is 37.9 Å². The van der Waals surface area contributed by atoms with E-state index in [2.05, 4.69) is 82.1 Å². The summed E-state index contributed by atoms with van der Waals surface area (Å²) < 4.78 is 55.8. The third-order valence-electron chi connectivity index (χ3n) is 21.9. The molecule has 4 spiro atoms. The molecule has 8 bridgehead atoms. The molecule has 8 aromatic rings. The van der Waals surface area contributed by atoms with Gasteiger partial charge in [0.2, 0.25) is 0 Å². The van der Waals surface area contributed by atoms with Gasteiger partial charge in [0.1, 0.15) is 45.4 Å². The van der Waals surface area contributed by atoms with Crippen LogP contribution in [-0.2, 0) is 26.2 Å². The largest absolute Gasteiger partial charge is 0.497 e. The molecule has 16 aliphatic heterocycles. The molecule has 0 N–H and O–H groups in total. The van der Waals surface area contributed by atoms with Crippen molar-refractivity contribution in [2.75, 3.05) is 107 Å². The first kappa shape index (κ1) is 51.4. The number of hydrogen-bond acceptors (Lipinski definition) is 16. The highest BCUT2D eigenvalue weighted by Gasteiger charge is 2.57. The number of rotatable bonds is 4. The van der Waals surface area contributed by atoms with Gasteiger partial charge in [0.25, 0.3) is 24.0 Å². The van der Waals surface area contributed by atoms with Crippen LogP contribution >= 0.6 is 0 Å². The molecule has 20 heterocycles. The highest BCUT2D eigenvalue weighted by atomic mass is 16.5.